The normalized spacial score (nSPS) is 20.2. The van der Waals surface area contributed by atoms with Crippen LogP contribution in [0.3, 0.4) is 0 Å². The number of hydrogen-bond donors (Lipinski definition) is 1. The molecule has 1 N–H and O–H groups in total. The van der Waals surface area contributed by atoms with Gasteiger partial charge in [-0.2, -0.15) is 11.8 Å². The molecule has 3 nitrogen and oxygen atoms in total. The van der Waals surface area contributed by atoms with Gasteiger partial charge in [-0.15, -0.1) is 0 Å². The Morgan fingerprint density at radius 3 is 2.80 bits per heavy atom. The second kappa shape index (κ2) is 7.01. The highest BCUT2D eigenvalue weighted by Crippen LogP contribution is 2.31. The third-order valence-electron chi connectivity index (χ3n) is 3.71. The molecule has 1 fully saturated rings. The average Bonchev–Trinajstić information content (AvgIpc) is 2.73. The molecule has 0 atom stereocenters. The van der Waals surface area contributed by atoms with Crippen LogP contribution in [-0.2, 0) is 13.1 Å². The van der Waals surface area contributed by atoms with Crippen molar-refractivity contribution in [2.45, 2.75) is 58.0 Å². The molecule has 0 amide bonds. The van der Waals surface area contributed by atoms with Crippen LogP contribution in [0.15, 0.2) is 16.5 Å². The summed E-state index contributed by atoms with van der Waals surface area (Å²) >= 11 is 2.09. The summed E-state index contributed by atoms with van der Waals surface area (Å²) in [7, 11) is 0. The van der Waals surface area contributed by atoms with E-state index >= 15 is 0 Å². The second-order valence-electron chi connectivity index (χ2n) is 6.54. The molecule has 0 spiro atoms. The molecule has 1 aliphatic heterocycles. The van der Waals surface area contributed by atoms with Gasteiger partial charge in [-0.3, -0.25) is 4.90 Å². The molecule has 1 aliphatic rings. The van der Waals surface area contributed by atoms with E-state index in [1.807, 2.05) is 0 Å². The molecule has 4 heteroatoms. The Morgan fingerprint density at radius 1 is 1.30 bits per heavy atom. The Balaban J connectivity index is 1.84. The Kier molecular flexibility index (Phi) is 5.58. The fraction of sp³-hybridized carbons (Fsp3) is 0.750. The first-order valence-corrected chi connectivity index (χ1v) is 8.60. The van der Waals surface area contributed by atoms with Crippen molar-refractivity contribution < 1.29 is 4.42 Å². The van der Waals surface area contributed by atoms with E-state index in [1.165, 1.54) is 18.7 Å². The molecule has 114 valence electrons. The van der Waals surface area contributed by atoms with Crippen LogP contribution in [0, 0.1) is 0 Å². The topological polar surface area (TPSA) is 28.4 Å². The second-order valence-corrected chi connectivity index (χ2v) is 8.34. The summed E-state index contributed by atoms with van der Waals surface area (Å²) in [5, 5.41) is 3.39. The maximum absolute atomic E-state index is 5.92. The first-order valence-electron chi connectivity index (χ1n) is 7.62. The van der Waals surface area contributed by atoms with Crippen LogP contribution in [0.5, 0.6) is 0 Å². The number of nitrogens with one attached hydrogen (secondary N) is 1. The highest BCUT2D eigenvalue weighted by Gasteiger charge is 2.23. The Bertz CT molecular complexity index is 414. The van der Waals surface area contributed by atoms with Gasteiger partial charge in [0.05, 0.1) is 13.1 Å². The van der Waals surface area contributed by atoms with E-state index in [-0.39, 0.29) is 0 Å². The van der Waals surface area contributed by atoms with E-state index in [2.05, 4.69) is 61.8 Å². The van der Waals surface area contributed by atoms with Gasteiger partial charge in [0.1, 0.15) is 11.5 Å². The number of nitrogens with zero attached hydrogens (tertiary/aromatic N) is 1. The van der Waals surface area contributed by atoms with Crippen molar-refractivity contribution >= 4 is 11.8 Å². The number of thioether (sulfide) groups is 1. The third-order valence-corrected chi connectivity index (χ3v) is 5.08. The Hall–Kier alpha value is -0.450. The fourth-order valence-electron chi connectivity index (χ4n) is 2.35. The van der Waals surface area contributed by atoms with Crippen molar-refractivity contribution in [3.8, 4) is 0 Å². The molecule has 0 aliphatic carbocycles. The summed E-state index contributed by atoms with van der Waals surface area (Å²) in [5.41, 5.74) is 0. The van der Waals surface area contributed by atoms with E-state index in [0.717, 1.165) is 31.2 Å². The van der Waals surface area contributed by atoms with Crippen molar-refractivity contribution in [1.29, 1.82) is 0 Å². The summed E-state index contributed by atoms with van der Waals surface area (Å²) in [4.78, 5) is 2.51. The lowest BCUT2D eigenvalue weighted by atomic mass is 10.1. The maximum Gasteiger partial charge on any atom is 0.118 e. The predicted molar refractivity (Wildman–Crippen MR) is 87.1 cm³/mol. The maximum atomic E-state index is 5.92. The van der Waals surface area contributed by atoms with E-state index in [9.17, 15) is 0 Å². The van der Waals surface area contributed by atoms with Gasteiger partial charge >= 0.3 is 0 Å². The zero-order valence-corrected chi connectivity index (χ0v) is 14.1. The van der Waals surface area contributed by atoms with Crippen LogP contribution in [0.25, 0.3) is 0 Å². The standard InChI is InChI=1S/C16H28N2OS/c1-13(2)17-11-14-5-6-15(19-14)12-18-8-7-16(3,4)20-10-9-18/h5-6,13,17H,7-12H2,1-4H3. The molecular formula is C16H28N2OS. The van der Waals surface area contributed by atoms with Crippen LogP contribution in [0.4, 0.5) is 0 Å². The fourth-order valence-corrected chi connectivity index (χ4v) is 3.49. The minimum absolute atomic E-state index is 0.421. The van der Waals surface area contributed by atoms with E-state index in [1.54, 1.807) is 0 Å². The van der Waals surface area contributed by atoms with Crippen molar-refractivity contribution in [1.82, 2.24) is 10.2 Å². The van der Waals surface area contributed by atoms with Gasteiger partial charge in [0.2, 0.25) is 0 Å². The summed E-state index contributed by atoms with van der Waals surface area (Å²) in [6.45, 7) is 13.1. The molecule has 0 bridgehead atoms. The van der Waals surface area contributed by atoms with Crippen molar-refractivity contribution in [2.75, 3.05) is 18.8 Å². The Labute approximate surface area is 127 Å². The van der Waals surface area contributed by atoms with E-state index in [0.29, 0.717) is 10.8 Å². The highest BCUT2D eigenvalue weighted by atomic mass is 32.2. The molecule has 2 heterocycles. The zero-order chi connectivity index (χ0) is 14.6. The van der Waals surface area contributed by atoms with Gasteiger partial charge < -0.3 is 9.73 Å². The first-order chi connectivity index (χ1) is 9.44. The largest absolute Gasteiger partial charge is 0.463 e. The first kappa shape index (κ1) is 15.9. The van der Waals surface area contributed by atoms with Gasteiger partial charge in [-0.25, -0.2) is 0 Å². The molecule has 0 radical (unpaired) electrons. The van der Waals surface area contributed by atoms with E-state index < -0.39 is 0 Å². The Morgan fingerprint density at radius 2 is 2.05 bits per heavy atom. The summed E-state index contributed by atoms with van der Waals surface area (Å²) in [6, 6.07) is 4.72. The monoisotopic (exact) mass is 296 g/mol. The molecule has 1 aromatic heterocycles. The van der Waals surface area contributed by atoms with Gasteiger partial charge in [0.15, 0.2) is 0 Å². The minimum atomic E-state index is 0.421. The lowest BCUT2D eigenvalue weighted by Crippen LogP contribution is -2.26. The van der Waals surface area contributed by atoms with Crippen molar-refractivity contribution in [2.24, 2.45) is 0 Å². The zero-order valence-electron chi connectivity index (χ0n) is 13.2. The quantitative estimate of drug-likeness (QED) is 0.900. The van der Waals surface area contributed by atoms with Gasteiger partial charge in [-0.05, 0) is 25.1 Å². The SMILES string of the molecule is CC(C)NCc1ccc(CN2CCSC(C)(C)CC2)o1. The van der Waals surface area contributed by atoms with Crippen molar-refractivity contribution in [3.63, 3.8) is 0 Å². The molecule has 0 saturated carbocycles. The number of furan rings is 1. The lowest BCUT2D eigenvalue weighted by Gasteiger charge is -2.22. The lowest BCUT2D eigenvalue weighted by molar-refractivity contribution is 0.250. The smallest absolute Gasteiger partial charge is 0.118 e. The summed E-state index contributed by atoms with van der Waals surface area (Å²) in [6.07, 6.45) is 1.25. The van der Waals surface area contributed by atoms with Crippen LogP contribution >= 0.6 is 11.8 Å². The number of rotatable bonds is 5. The van der Waals surface area contributed by atoms with Gasteiger partial charge in [-0.1, -0.05) is 27.7 Å². The van der Waals surface area contributed by atoms with Crippen molar-refractivity contribution in [3.05, 3.63) is 23.7 Å². The third kappa shape index (κ3) is 5.15. The molecule has 0 aromatic carbocycles. The molecule has 20 heavy (non-hydrogen) atoms. The summed E-state index contributed by atoms with van der Waals surface area (Å²) < 4.78 is 6.34. The molecule has 1 saturated heterocycles. The van der Waals surface area contributed by atoms with Crippen LogP contribution in [-0.4, -0.2) is 34.5 Å². The predicted octanol–water partition coefficient (Wildman–Crippen LogP) is 3.50. The van der Waals surface area contributed by atoms with E-state index in [4.69, 9.17) is 4.42 Å². The van der Waals surface area contributed by atoms with Crippen LogP contribution < -0.4 is 5.32 Å². The average molecular weight is 296 g/mol. The minimum Gasteiger partial charge on any atom is -0.463 e. The molecule has 0 unspecified atom stereocenters. The molecular weight excluding hydrogens is 268 g/mol. The van der Waals surface area contributed by atoms with Crippen LogP contribution in [0.2, 0.25) is 0 Å². The van der Waals surface area contributed by atoms with Gasteiger partial charge in [0.25, 0.3) is 0 Å². The van der Waals surface area contributed by atoms with Crippen LogP contribution in [0.1, 0.15) is 45.6 Å². The summed E-state index contributed by atoms with van der Waals surface area (Å²) in [5.74, 6) is 3.35. The molecule has 1 aromatic rings. The number of hydrogen-bond acceptors (Lipinski definition) is 4. The molecule has 2 rings (SSSR count). The highest BCUT2D eigenvalue weighted by molar-refractivity contribution is 8.00. The van der Waals surface area contributed by atoms with Gasteiger partial charge in [0, 0.05) is 23.1 Å².